The number of rotatable bonds is 3. The number of hydrogen-bond donors (Lipinski definition) is 2. The van der Waals surface area contributed by atoms with Gasteiger partial charge in [-0.3, -0.25) is 4.79 Å². The van der Waals surface area contributed by atoms with Crippen molar-refractivity contribution < 1.29 is 24.2 Å². The molecule has 3 aromatic rings. The molecule has 3 aliphatic heterocycles. The van der Waals surface area contributed by atoms with E-state index in [1.165, 1.54) is 0 Å². The van der Waals surface area contributed by atoms with Crippen molar-refractivity contribution in [3.05, 3.63) is 58.4 Å². The van der Waals surface area contributed by atoms with Crippen molar-refractivity contribution in [2.75, 3.05) is 24.6 Å². The van der Waals surface area contributed by atoms with Crippen LogP contribution in [0.5, 0.6) is 0 Å². The Bertz CT molecular complexity index is 1430. The summed E-state index contributed by atoms with van der Waals surface area (Å²) in [5, 5.41) is 18.2. The molecule has 3 aliphatic rings. The Labute approximate surface area is 241 Å². The van der Waals surface area contributed by atoms with Crippen molar-refractivity contribution >= 4 is 23.3 Å². The molecule has 0 spiro atoms. The zero-order valence-electron chi connectivity index (χ0n) is 24.7. The summed E-state index contributed by atoms with van der Waals surface area (Å²) in [7, 11) is 0. The molecule has 0 saturated carbocycles. The first-order valence-electron chi connectivity index (χ1n) is 14.5. The molecule has 5 heterocycles. The van der Waals surface area contributed by atoms with E-state index in [-0.39, 0.29) is 18.1 Å². The van der Waals surface area contributed by atoms with Gasteiger partial charge in [-0.25, -0.2) is 9.78 Å². The topological polar surface area (TPSA) is 118 Å². The fourth-order valence-corrected chi connectivity index (χ4v) is 5.74. The third-order valence-corrected chi connectivity index (χ3v) is 7.92. The first-order chi connectivity index (χ1) is 19.4. The lowest BCUT2D eigenvalue weighted by molar-refractivity contribution is -0.160. The van der Waals surface area contributed by atoms with Gasteiger partial charge in [0.2, 0.25) is 0 Å². The molecule has 10 nitrogen and oxygen atoms in total. The zero-order valence-corrected chi connectivity index (χ0v) is 24.7. The van der Waals surface area contributed by atoms with E-state index in [1.54, 1.807) is 4.52 Å². The average Bonchev–Trinajstić information content (AvgIpc) is 3.32. The van der Waals surface area contributed by atoms with Crippen LogP contribution in [0.2, 0.25) is 0 Å². The number of carboxylic acids is 1. The minimum absolute atomic E-state index is 0.153. The fraction of sp³-hybridized carbons (Fsp3) is 0.548. The number of hydrogen-bond acceptors (Lipinski definition) is 7. The highest BCUT2D eigenvalue weighted by atomic mass is 16.5. The van der Waals surface area contributed by atoms with Crippen molar-refractivity contribution in [3.63, 3.8) is 0 Å². The predicted octanol–water partition coefficient (Wildman–Crippen LogP) is 4.62. The van der Waals surface area contributed by atoms with Crippen LogP contribution in [0.3, 0.4) is 0 Å². The highest BCUT2D eigenvalue weighted by molar-refractivity contribution is 5.95. The van der Waals surface area contributed by atoms with Crippen molar-refractivity contribution in [1.82, 2.24) is 19.9 Å². The number of aromatic nitrogens is 3. The SMILES string of the molecule is Cc1nc2cc3nn2c(c1C(OC(C)(C)C)C(=O)O)N1CCC(C)(CC1)OCCCCc1ccccc1C(=O)NC3. The van der Waals surface area contributed by atoms with E-state index in [0.717, 1.165) is 37.7 Å². The highest BCUT2D eigenvalue weighted by Gasteiger charge is 2.37. The van der Waals surface area contributed by atoms with Gasteiger partial charge in [-0.05, 0) is 78.4 Å². The number of anilines is 1. The molecular weight excluding hydrogens is 522 g/mol. The van der Waals surface area contributed by atoms with Crippen molar-refractivity contribution in [2.24, 2.45) is 0 Å². The molecule has 1 saturated heterocycles. The summed E-state index contributed by atoms with van der Waals surface area (Å²) in [5.74, 6) is -0.571. The van der Waals surface area contributed by atoms with E-state index in [9.17, 15) is 14.7 Å². The number of benzene rings is 1. The van der Waals surface area contributed by atoms with E-state index in [1.807, 2.05) is 58.0 Å². The Morgan fingerprint density at radius 2 is 1.93 bits per heavy atom. The maximum Gasteiger partial charge on any atom is 0.337 e. The van der Waals surface area contributed by atoms with E-state index in [0.29, 0.717) is 53.7 Å². The molecule has 6 rings (SSSR count). The maximum absolute atomic E-state index is 13.2. The molecule has 2 N–H and O–H groups in total. The number of piperidine rings is 1. The molecule has 1 unspecified atom stereocenters. The molecular formula is C31H41N5O5. The Balaban J connectivity index is 1.61. The second-order valence-electron chi connectivity index (χ2n) is 12.4. The van der Waals surface area contributed by atoms with E-state index >= 15 is 0 Å². The summed E-state index contributed by atoms with van der Waals surface area (Å²) >= 11 is 0. The van der Waals surface area contributed by atoms with E-state index in [2.05, 4.69) is 17.1 Å². The molecule has 220 valence electrons. The molecule has 1 atom stereocenters. The van der Waals surface area contributed by atoms with Crippen LogP contribution in [0, 0.1) is 6.92 Å². The van der Waals surface area contributed by atoms with Crippen LogP contribution in [-0.2, 0) is 27.2 Å². The fourth-order valence-electron chi connectivity index (χ4n) is 5.74. The lowest BCUT2D eigenvalue weighted by atomic mass is 9.92. The van der Waals surface area contributed by atoms with Crippen molar-refractivity contribution in [1.29, 1.82) is 0 Å². The van der Waals surface area contributed by atoms with Crippen LogP contribution in [0.4, 0.5) is 5.82 Å². The Morgan fingerprint density at radius 1 is 1.20 bits per heavy atom. The summed E-state index contributed by atoms with van der Waals surface area (Å²) in [6.45, 7) is 11.7. The molecule has 41 heavy (non-hydrogen) atoms. The molecule has 0 aliphatic carbocycles. The van der Waals surface area contributed by atoms with Crippen LogP contribution in [0.1, 0.15) is 92.4 Å². The quantitative estimate of drug-likeness (QED) is 0.474. The Hall–Kier alpha value is -3.50. The molecule has 1 amide bonds. The van der Waals surface area contributed by atoms with Crippen LogP contribution < -0.4 is 10.2 Å². The zero-order chi connectivity index (χ0) is 29.4. The lowest BCUT2D eigenvalue weighted by Gasteiger charge is -2.41. The summed E-state index contributed by atoms with van der Waals surface area (Å²) in [5.41, 5.74) is 3.00. The number of nitrogens with one attached hydrogen (secondary N) is 1. The van der Waals surface area contributed by atoms with Gasteiger partial charge in [0, 0.05) is 37.0 Å². The maximum atomic E-state index is 13.2. The van der Waals surface area contributed by atoms with Crippen LogP contribution in [0.15, 0.2) is 30.3 Å². The van der Waals surface area contributed by atoms with Crippen molar-refractivity contribution in [3.8, 4) is 0 Å². The van der Waals surface area contributed by atoms with Gasteiger partial charge in [-0.2, -0.15) is 9.61 Å². The summed E-state index contributed by atoms with van der Waals surface area (Å²) in [4.78, 5) is 32.7. The highest BCUT2D eigenvalue weighted by Crippen LogP contribution is 2.37. The second kappa shape index (κ2) is 11.4. The van der Waals surface area contributed by atoms with Gasteiger partial charge in [0.25, 0.3) is 5.91 Å². The number of fused-ring (bicyclic) bond motifs is 8. The molecule has 0 radical (unpaired) electrons. The molecule has 2 aromatic heterocycles. The van der Waals surface area contributed by atoms with Gasteiger partial charge < -0.3 is 24.8 Å². The summed E-state index contributed by atoms with van der Waals surface area (Å²) in [6.07, 6.45) is 3.00. The second-order valence-corrected chi connectivity index (χ2v) is 12.4. The number of aryl methyl sites for hydroxylation is 2. The van der Waals surface area contributed by atoms with Crippen LogP contribution in [0.25, 0.3) is 5.65 Å². The third-order valence-electron chi connectivity index (χ3n) is 7.92. The van der Waals surface area contributed by atoms with Gasteiger partial charge in [0.1, 0.15) is 5.82 Å². The monoisotopic (exact) mass is 563 g/mol. The first-order valence-corrected chi connectivity index (χ1v) is 14.5. The largest absolute Gasteiger partial charge is 0.479 e. The van der Waals surface area contributed by atoms with Gasteiger partial charge in [0.05, 0.1) is 29.0 Å². The van der Waals surface area contributed by atoms with Gasteiger partial charge >= 0.3 is 5.97 Å². The number of carbonyl (C=O) groups excluding carboxylic acids is 1. The molecule has 1 aromatic carbocycles. The van der Waals surface area contributed by atoms with Gasteiger partial charge in [-0.15, -0.1) is 0 Å². The average molecular weight is 564 g/mol. The Morgan fingerprint density at radius 3 is 2.63 bits per heavy atom. The number of carboxylic acid groups (broad SMARTS) is 1. The lowest BCUT2D eigenvalue weighted by Crippen LogP contribution is -2.46. The van der Waals surface area contributed by atoms with Crippen molar-refractivity contribution in [2.45, 2.75) is 90.6 Å². The smallest absolute Gasteiger partial charge is 0.337 e. The molecule has 4 bridgehead atoms. The number of amides is 1. The Kier molecular flexibility index (Phi) is 8.07. The number of aliphatic carboxylic acids is 1. The normalized spacial score (nSPS) is 19.0. The number of nitrogens with zero attached hydrogens (tertiary/aromatic N) is 4. The summed E-state index contributed by atoms with van der Waals surface area (Å²) in [6, 6.07) is 9.55. The number of carbonyl (C=O) groups is 2. The van der Waals surface area contributed by atoms with Gasteiger partial charge in [0.15, 0.2) is 11.8 Å². The summed E-state index contributed by atoms with van der Waals surface area (Å²) < 4.78 is 14.2. The van der Waals surface area contributed by atoms with E-state index in [4.69, 9.17) is 19.6 Å². The van der Waals surface area contributed by atoms with Crippen LogP contribution >= 0.6 is 0 Å². The standard InChI is InChI=1S/C31H41N5O5/c1-20-25(26(29(38)39)41-30(2,3)4)28-35-15-13-31(5,14-16-35)40-17-9-8-11-21-10-6-7-12-23(21)27(37)32-19-22-18-24(33-20)36(28)34-22/h6-7,10,12,18,26H,8-9,11,13-17,19H2,1-5H3,(H,32,37)(H,38,39). The molecule has 10 heteroatoms. The molecule has 1 fully saturated rings. The predicted molar refractivity (Wildman–Crippen MR) is 155 cm³/mol. The van der Waals surface area contributed by atoms with E-state index < -0.39 is 17.7 Å². The number of ether oxygens (including phenoxy) is 2. The van der Waals surface area contributed by atoms with Crippen LogP contribution in [-0.4, -0.2) is 62.5 Å². The third kappa shape index (κ3) is 6.38. The van der Waals surface area contributed by atoms with Gasteiger partial charge in [-0.1, -0.05) is 18.2 Å². The minimum atomic E-state index is -1.23. The first kappa shape index (κ1) is 29.0. The minimum Gasteiger partial charge on any atom is -0.479 e.